The Hall–Kier alpha value is 1.56. The van der Waals surface area contributed by atoms with Gasteiger partial charge in [-0.25, -0.2) is 0 Å². The van der Waals surface area contributed by atoms with Gasteiger partial charge in [0.25, 0.3) is 0 Å². The molecule has 1 saturated heterocycles. The maximum absolute atomic E-state index is 5.37. The van der Waals surface area contributed by atoms with Crippen molar-refractivity contribution in [2.75, 3.05) is 19.7 Å². The average molecular weight is 153 g/mol. The second-order valence-corrected chi connectivity index (χ2v) is 2.71. The number of ether oxygens (including phenoxy) is 1. The summed E-state index contributed by atoms with van der Waals surface area (Å²) in [5, 5.41) is 4.20. The minimum absolute atomic E-state index is 0. The minimum atomic E-state index is 0. The van der Waals surface area contributed by atoms with E-state index in [1.165, 1.54) is 0 Å². The van der Waals surface area contributed by atoms with Crippen molar-refractivity contribution in [3.8, 4) is 0 Å². The van der Waals surface area contributed by atoms with Gasteiger partial charge < -0.3 is 10.1 Å². The summed E-state index contributed by atoms with van der Waals surface area (Å²) in [5.74, 6) is 0. The predicted octanol–water partition coefficient (Wildman–Crippen LogP) is -1.83. The first kappa shape index (κ1) is 10.6. The van der Waals surface area contributed by atoms with E-state index in [0.29, 0.717) is 0 Å². The minimum Gasteiger partial charge on any atom is -0.658 e. The van der Waals surface area contributed by atoms with E-state index in [9.17, 15) is 0 Å². The Labute approximate surface area is 99.1 Å². The molecule has 1 rings (SSSR count). The summed E-state index contributed by atoms with van der Waals surface area (Å²) in [6.45, 7) is 6.66. The normalized spacial score (nSPS) is 24.7. The van der Waals surface area contributed by atoms with E-state index >= 15 is 0 Å². The standard InChI is InChI=1S/C6H12NO.K/c1-6(2)5-7-3-4-8-6;/h3-5H2,1-2H3;/q-1;+1. The smallest absolute Gasteiger partial charge is 0.658 e. The summed E-state index contributed by atoms with van der Waals surface area (Å²) >= 11 is 0. The van der Waals surface area contributed by atoms with Crippen LogP contribution in [-0.2, 0) is 4.74 Å². The van der Waals surface area contributed by atoms with Gasteiger partial charge in [-0.05, 0) is 13.8 Å². The molecule has 0 aromatic heterocycles. The maximum atomic E-state index is 5.37. The fraction of sp³-hybridized carbons (Fsp3) is 1.00. The first-order valence-electron chi connectivity index (χ1n) is 2.98. The largest absolute Gasteiger partial charge is 1.00 e. The molecule has 1 aliphatic heterocycles. The van der Waals surface area contributed by atoms with Crippen LogP contribution in [0.5, 0.6) is 0 Å². The zero-order valence-corrected chi connectivity index (χ0v) is 9.60. The van der Waals surface area contributed by atoms with Gasteiger partial charge in [0.2, 0.25) is 0 Å². The molecular formula is C6H12KNO. The predicted molar refractivity (Wildman–Crippen MR) is 33.1 cm³/mol. The van der Waals surface area contributed by atoms with Crippen LogP contribution in [0.25, 0.3) is 5.32 Å². The third-order valence-corrected chi connectivity index (χ3v) is 1.23. The van der Waals surface area contributed by atoms with Gasteiger partial charge in [-0.2, -0.15) is 0 Å². The molecule has 0 bridgehead atoms. The Balaban J connectivity index is 0.000000640. The molecule has 0 spiro atoms. The molecule has 9 heavy (non-hydrogen) atoms. The van der Waals surface area contributed by atoms with Gasteiger partial charge in [-0.1, -0.05) is 0 Å². The van der Waals surface area contributed by atoms with Crippen molar-refractivity contribution < 1.29 is 56.1 Å². The zero-order chi connectivity index (χ0) is 6.04. The Morgan fingerprint density at radius 1 is 1.44 bits per heavy atom. The monoisotopic (exact) mass is 153 g/mol. The van der Waals surface area contributed by atoms with E-state index in [2.05, 4.69) is 19.2 Å². The molecule has 0 saturated carbocycles. The van der Waals surface area contributed by atoms with Crippen molar-refractivity contribution in [2.45, 2.75) is 19.4 Å². The van der Waals surface area contributed by atoms with Gasteiger partial charge in [0.1, 0.15) is 0 Å². The molecule has 1 fully saturated rings. The summed E-state index contributed by atoms with van der Waals surface area (Å²) < 4.78 is 5.37. The van der Waals surface area contributed by atoms with Crippen LogP contribution in [0.3, 0.4) is 0 Å². The van der Waals surface area contributed by atoms with Crippen molar-refractivity contribution in [1.82, 2.24) is 0 Å². The Bertz CT molecular complexity index is 77.1. The van der Waals surface area contributed by atoms with E-state index in [1.54, 1.807) is 0 Å². The van der Waals surface area contributed by atoms with E-state index < -0.39 is 0 Å². The van der Waals surface area contributed by atoms with Crippen LogP contribution in [0.1, 0.15) is 13.8 Å². The maximum Gasteiger partial charge on any atom is 1.00 e. The second-order valence-electron chi connectivity index (χ2n) is 2.71. The summed E-state index contributed by atoms with van der Waals surface area (Å²) in [5.41, 5.74) is 0.0122. The van der Waals surface area contributed by atoms with Crippen molar-refractivity contribution in [2.24, 2.45) is 0 Å². The fourth-order valence-corrected chi connectivity index (χ4v) is 0.780. The summed E-state index contributed by atoms with van der Waals surface area (Å²) in [6.07, 6.45) is 0. The van der Waals surface area contributed by atoms with Gasteiger partial charge in [-0.3, -0.25) is 0 Å². The van der Waals surface area contributed by atoms with Crippen LogP contribution in [0.2, 0.25) is 0 Å². The quantitative estimate of drug-likeness (QED) is 0.376. The number of hydrogen-bond acceptors (Lipinski definition) is 1. The fourth-order valence-electron chi connectivity index (χ4n) is 0.780. The molecule has 0 unspecified atom stereocenters. The van der Waals surface area contributed by atoms with Crippen LogP contribution in [0.15, 0.2) is 0 Å². The van der Waals surface area contributed by atoms with Crippen molar-refractivity contribution in [3.05, 3.63) is 5.32 Å². The molecule has 0 atom stereocenters. The molecule has 3 heteroatoms. The molecule has 48 valence electrons. The van der Waals surface area contributed by atoms with Gasteiger partial charge in [0, 0.05) is 12.2 Å². The summed E-state index contributed by atoms with van der Waals surface area (Å²) in [4.78, 5) is 0. The molecule has 0 aliphatic carbocycles. The molecule has 0 radical (unpaired) electrons. The van der Waals surface area contributed by atoms with E-state index in [0.717, 1.165) is 19.7 Å². The van der Waals surface area contributed by atoms with Gasteiger partial charge in [0.05, 0.1) is 0 Å². The number of morpholine rings is 1. The molecule has 0 aromatic carbocycles. The Morgan fingerprint density at radius 2 is 2.11 bits per heavy atom. The summed E-state index contributed by atoms with van der Waals surface area (Å²) in [7, 11) is 0. The molecule has 1 heterocycles. The first-order valence-corrected chi connectivity index (χ1v) is 2.98. The van der Waals surface area contributed by atoms with Crippen LogP contribution in [0.4, 0.5) is 0 Å². The average Bonchev–Trinajstić information content (AvgIpc) is 1.65. The first-order chi connectivity index (χ1) is 3.71. The molecule has 1 aliphatic rings. The number of hydrogen-bond donors (Lipinski definition) is 0. The van der Waals surface area contributed by atoms with Gasteiger partial charge in [0.15, 0.2) is 0 Å². The van der Waals surface area contributed by atoms with Gasteiger partial charge in [-0.15, -0.1) is 13.1 Å². The van der Waals surface area contributed by atoms with E-state index in [-0.39, 0.29) is 57.0 Å². The Morgan fingerprint density at radius 3 is 2.33 bits per heavy atom. The van der Waals surface area contributed by atoms with Crippen molar-refractivity contribution in [1.29, 1.82) is 0 Å². The molecule has 0 aromatic rings. The number of rotatable bonds is 0. The zero-order valence-electron chi connectivity index (χ0n) is 6.48. The third kappa shape index (κ3) is 4.09. The van der Waals surface area contributed by atoms with Crippen molar-refractivity contribution in [3.63, 3.8) is 0 Å². The van der Waals surface area contributed by atoms with Crippen LogP contribution < -0.4 is 51.4 Å². The molecular weight excluding hydrogens is 141 g/mol. The van der Waals surface area contributed by atoms with E-state index in [1.807, 2.05) is 0 Å². The van der Waals surface area contributed by atoms with Crippen LogP contribution in [-0.4, -0.2) is 25.3 Å². The Kier molecular flexibility index (Phi) is 5.20. The molecule has 0 N–H and O–H groups in total. The number of nitrogens with zero attached hydrogens (tertiary/aromatic N) is 1. The van der Waals surface area contributed by atoms with E-state index in [4.69, 9.17) is 4.74 Å². The third-order valence-electron chi connectivity index (χ3n) is 1.23. The van der Waals surface area contributed by atoms with Gasteiger partial charge >= 0.3 is 51.4 Å². The SMILES string of the molecule is CC1(C)C[N-]CCO1.[K+]. The second kappa shape index (κ2) is 4.44. The summed E-state index contributed by atoms with van der Waals surface area (Å²) in [6, 6.07) is 0. The van der Waals surface area contributed by atoms with Crippen molar-refractivity contribution >= 4 is 0 Å². The van der Waals surface area contributed by atoms with Crippen LogP contribution in [0, 0.1) is 0 Å². The molecule has 2 nitrogen and oxygen atoms in total. The van der Waals surface area contributed by atoms with Crippen LogP contribution >= 0.6 is 0 Å². The molecule has 0 amide bonds. The topological polar surface area (TPSA) is 23.3 Å².